The van der Waals surface area contributed by atoms with Crippen molar-refractivity contribution in [2.45, 2.75) is 39.2 Å². The molecular weight excluding hydrogens is 252 g/mol. The lowest BCUT2D eigenvalue weighted by molar-refractivity contribution is -0.121. The summed E-state index contributed by atoms with van der Waals surface area (Å²) in [5.41, 5.74) is 0. The lowest BCUT2D eigenvalue weighted by Gasteiger charge is -2.11. The van der Waals surface area contributed by atoms with Crippen LogP contribution in [0, 0.1) is 5.92 Å². The van der Waals surface area contributed by atoms with Crippen molar-refractivity contribution in [1.82, 2.24) is 10.6 Å². The van der Waals surface area contributed by atoms with Crippen LogP contribution in [0.25, 0.3) is 0 Å². The van der Waals surface area contributed by atoms with Gasteiger partial charge in [0.25, 0.3) is 0 Å². The molecule has 1 saturated heterocycles. The number of rotatable bonds is 7. The van der Waals surface area contributed by atoms with Crippen LogP contribution in [0.2, 0.25) is 0 Å². The molecule has 2 N–H and O–H groups in total. The van der Waals surface area contributed by atoms with Crippen molar-refractivity contribution in [3.8, 4) is 0 Å². The molecule has 0 aromatic rings. The van der Waals surface area contributed by atoms with Crippen LogP contribution in [0.3, 0.4) is 0 Å². The Bertz CT molecular complexity index is 366. The minimum absolute atomic E-state index is 0.0610. The Morgan fingerprint density at radius 3 is 2.61 bits per heavy atom. The Morgan fingerprint density at radius 1 is 1.33 bits per heavy atom. The van der Waals surface area contributed by atoms with Crippen LogP contribution in [0.4, 0.5) is 0 Å². The Kier molecular flexibility index (Phi) is 6.08. The molecule has 0 aromatic carbocycles. The van der Waals surface area contributed by atoms with Gasteiger partial charge in [0, 0.05) is 19.0 Å². The molecular formula is C12H24N2O3S. The molecule has 1 fully saturated rings. The third kappa shape index (κ3) is 6.35. The van der Waals surface area contributed by atoms with Gasteiger partial charge in [-0.15, -0.1) is 0 Å². The summed E-state index contributed by atoms with van der Waals surface area (Å²) in [7, 11) is -2.91. The van der Waals surface area contributed by atoms with Gasteiger partial charge in [0.05, 0.1) is 11.5 Å². The molecule has 18 heavy (non-hydrogen) atoms. The summed E-state index contributed by atoms with van der Waals surface area (Å²) < 4.78 is 22.4. The van der Waals surface area contributed by atoms with Crippen molar-refractivity contribution in [3.63, 3.8) is 0 Å². The van der Waals surface area contributed by atoms with Crippen molar-refractivity contribution in [2.75, 3.05) is 24.6 Å². The van der Waals surface area contributed by atoms with E-state index in [1.54, 1.807) is 0 Å². The summed E-state index contributed by atoms with van der Waals surface area (Å²) in [5.74, 6) is 0.897. The third-order valence-electron chi connectivity index (χ3n) is 3.02. The first-order valence-electron chi connectivity index (χ1n) is 6.59. The lowest BCUT2D eigenvalue weighted by atomic mass is 10.1. The normalized spacial score (nSPS) is 22.3. The van der Waals surface area contributed by atoms with Crippen LogP contribution in [-0.4, -0.2) is 45.0 Å². The number of hydrogen-bond donors (Lipinski definition) is 2. The van der Waals surface area contributed by atoms with Gasteiger partial charge in [-0.1, -0.05) is 13.8 Å². The second kappa shape index (κ2) is 7.09. The Hall–Kier alpha value is -0.620. The molecule has 5 nitrogen and oxygen atoms in total. The molecule has 0 aromatic heterocycles. The van der Waals surface area contributed by atoms with Crippen molar-refractivity contribution < 1.29 is 13.2 Å². The van der Waals surface area contributed by atoms with Crippen LogP contribution < -0.4 is 10.6 Å². The van der Waals surface area contributed by atoms with Gasteiger partial charge in [-0.2, -0.15) is 0 Å². The average Bonchev–Trinajstić information content (AvgIpc) is 2.57. The molecule has 0 saturated carbocycles. The van der Waals surface area contributed by atoms with Crippen molar-refractivity contribution in [3.05, 3.63) is 0 Å². The summed E-state index contributed by atoms with van der Waals surface area (Å²) in [4.78, 5) is 11.6. The molecule has 1 unspecified atom stereocenters. The van der Waals surface area contributed by atoms with Crippen LogP contribution in [0.1, 0.15) is 33.1 Å². The van der Waals surface area contributed by atoms with E-state index in [2.05, 4.69) is 24.5 Å². The van der Waals surface area contributed by atoms with E-state index in [0.29, 0.717) is 25.3 Å². The van der Waals surface area contributed by atoms with Crippen molar-refractivity contribution in [1.29, 1.82) is 0 Å². The Morgan fingerprint density at radius 2 is 2.06 bits per heavy atom. The molecule has 106 valence electrons. The zero-order valence-corrected chi connectivity index (χ0v) is 12.1. The largest absolute Gasteiger partial charge is 0.352 e. The maximum Gasteiger partial charge on any atom is 0.221 e. The van der Waals surface area contributed by atoms with Crippen LogP contribution >= 0.6 is 0 Å². The summed E-state index contributed by atoms with van der Waals surface area (Å²) in [5, 5.41) is 5.99. The van der Waals surface area contributed by atoms with Crippen LogP contribution in [-0.2, 0) is 14.6 Å². The predicted octanol–water partition coefficient (Wildman–Crippen LogP) is 0.316. The molecule has 6 heteroatoms. The van der Waals surface area contributed by atoms with E-state index in [-0.39, 0.29) is 23.5 Å². The summed E-state index contributed by atoms with van der Waals surface area (Å²) in [6.45, 7) is 5.89. The molecule has 1 amide bonds. The monoisotopic (exact) mass is 276 g/mol. The van der Waals surface area contributed by atoms with Gasteiger partial charge in [-0.25, -0.2) is 8.42 Å². The number of sulfone groups is 1. The first-order chi connectivity index (χ1) is 8.39. The summed E-state index contributed by atoms with van der Waals surface area (Å²) in [6.07, 6.45) is 2.06. The topological polar surface area (TPSA) is 75.3 Å². The van der Waals surface area contributed by atoms with E-state index in [9.17, 15) is 13.2 Å². The molecule has 1 aliphatic heterocycles. The highest BCUT2D eigenvalue weighted by atomic mass is 32.2. The minimum Gasteiger partial charge on any atom is -0.352 e. The second-order valence-corrected chi connectivity index (χ2v) is 7.58. The molecule has 0 radical (unpaired) electrons. The summed E-state index contributed by atoms with van der Waals surface area (Å²) >= 11 is 0. The number of amides is 1. The molecule has 0 spiro atoms. The van der Waals surface area contributed by atoms with Crippen LogP contribution in [0.5, 0.6) is 0 Å². The number of hydrogen-bond acceptors (Lipinski definition) is 4. The van der Waals surface area contributed by atoms with Gasteiger partial charge in [-0.3, -0.25) is 4.79 Å². The molecule has 1 rings (SSSR count). The maximum atomic E-state index is 11.6. The van der Waals surface area contributed by atoms with E-state index in [4.69, 9.17) is 0 Å². The minimum atomic E-state index is -2.91. The van der Waals surface area contributed by atoms with Gasteiger partial charge < -0.3 is 10.6 Å². The van der Waals surface area contributed by atoms with E-state index in [1.165, 1.54) is 0 Å². The number of carbonyl (C=O) groups excluding carboxylic acids is 1. The van der Waals surface area contributed by atoms with E-state index < -0.39 is 9.84 Å². The smallest absolute Gasteiger partial charge is 0.221 e. The highest BCUT2D eigenvalue weighted by Gasteiger charge is 2.28. The first-order valence-corrected chi connectivity index (χ1v) is 8.41. The number of nitrogens with one attached hydrogen (secondary N) is 2. The predicted molar refractivity (Wildman–Crippen MR) is 72.1 cm³/mol. The second-order valence-electron chi connectivity index (χ2n) is 5.35. The lowest BCUT2D eigenvalue weighted by Crippen LogP contribution is -2.37. The molecule has 1 heterocycles. The fourth-order valence-electron chi connectivity index (χ4n) is 1.93. The Balaban J connectivity index is 2.08. The molecule has 0 bridgehead atoms. The maximum absolute atomic E-state index is 11.6. The Labute approximate surface area is 110 Å². The summed E-state index contributed by atoms with van der Waals surface area (Å²) in [6, 6.07) is -0.182. The van der Waals surface area contributed by atoms with Crippen molar-refractivity contribution >= 4 is 15.7 Å². The van der Waals surface area contributed by atoms with Gasteiger partial charge >= 0.3 is 0 Å². The third-order valence-corrected chi connectivity index (χ3v) is 4.79. The highest BCUT2D eigenvalue weighted by Crippen LogP contribution is 2.11. The fraction of sp³-hybridized carbons (Fsp3) is 0.917. The van der Waals surface area contributed by atoms with E-state index >= 15 is 0 Å². The van der Waals surface area contributed by atoms with Gasteiger partial charge in [0.15, 0.2) is 9.84 Å². The van der Waals surface area contributed by atoms with Gasteiger partial charge in [0.2, 0.25) is 5.91 Å². The molecule has 1 aliphatic rings. The SMILES string of the molecule is CC(C)CCNCCC(=O)NC1CCS(=O)(=O)C1. The van der Waals surface area contributed by atoms with E-state index in [1.807, 2.05) is 0 Å². The standard InChI is InChI=1S/C12H24N2O3S/c1-10(2)3-6-13-7-4-12(15)14-11-5-8-18(16,17)9-11/h10-11,13H,3-9H2,1-2H3,(H,14,15). The molecule has 1 atom stereocenters. The first kappa shape index (κ1) is 15.4. The van der Waals surface area contributed by atoms with E-state index in [0.717, 1.165) is 13.0 Å². The van der Waals surface area contributed by atoms with Gasteiger partial charge in [0.1, 0.15) is 0 Å². The fourth-order valence-corrected chi connectivity index (χ4v) is 3.60. The number of carbonyl (C=O) groups is 1. The quantitative estimate of drug-likeness (QED) is 0.657. The average molecular weight is 276 g/mol. The van der Waals surface area contributed by atoms with Gasteiger partial charge in [-0.05, 0) is 25.3 Å². The zero-order valence-electron chi connectivity index (χ0n) is 11.2. The zero-order chi connectivity index (χ0) is 13.6. The van der Waals surface area contributed by atoms with Crippen molar-refractivity contribution in [2.24, 2.45) is 5.92 Å². The molecule has 0 aliphatic carbocycles. The highest BCUT2D eigenvalue weighted by molar-refractivity contribution is 7.91. The van der Waals surface area contributed by atoms with Crippen LogP contribution in [0.15, 0.2) is 0 Å².